The molecule has 2 heterocycles. The van der Waals surface area contributed by atoms with Crippen molar-refractivity contribution >= 4 is 35.0 Å². The fourth-order valence-corrected chi connectivity index (χ4v) is 2.09. The van der Waals surface area contributed by atoms with Gasteiger partial charge in [-0.3, -0.25) is 0 Å². The first-order chi connectivity index (χ1) is 7.24. The maximum absolute atomic E-state index is 5.73. The first kappa shape index (κ1) is 10.6. The van der Waals surface area contributed by atoms with E-state index in [1.54, 1.807) is 24.5 Å². The molecule has 0 aliphatic carbocycles. The van der Waals surface area contributed by atoms with Gasteiger partial charge in [-0.05, 0) is 29.4 Å². The molecule has 15 heavy (non-hydrogen) atoms. The lowest BCUT2D eigenvalue weighted by Crippen LogP contribution is -1.88. The van der Waals surface area contributed by atoms with E-state index in [1.165, 1.54) is 11.8 Å². The third-order valence-corrected chi connectivity index (χ3v) is 2.56. The van der Waals surface area contributed by atoms with Gasteiger partial charge in [-0.2, -0.15) is 0 Å². The molecule has 0 fully saturated rings. The van der Waals surface area contributed by atoms with Gasteiger partial charge in [-0.15, -0.1) is 0 Å². The molecule has 2 rings (SSSR count). The minimum atomic E-state index is 0.112. The van der Waals surface area contributed by atoms with Crippen LogP contribution in [-0.2, 0) is 0 Å². The number of aromatic nitrogens is 4. The molecule has 0 aliphatic heterocycles. The maximum Gasteiger partial charge on any atom is 0.224 e. The van der Waals surface area contributed by atoms with Gasteiger partial charge in [0.05, 0.1) is 0 Å². The summed E-state index contributed by atoms with van der Waals surface area (Å²) < 4.78 is 0. The molecule has 0 saturated heterocycles. The van der Waals surface area contributed by atoms with Crippen molar-refractivity contribution in [3.63, 3.8) is 0 Å². The minimum Gasteiger partial charge on any atom is -0.231 e. The van der Waals surface area contributed by atoms with Gasteiger partial charge in [0, 0.05) is 18.5 Å². The van der Waals surface area contributed by atoms with Gasteiger partial charge in [-0.1, -0.05) is 11.6 Å². The largest absolute Gasteiger partial charge is 0.231 e. The monoisotopic (exact) mass is 258 g/mol. The summed E-state index contributed by atoms with van der Waals surface area (Å²) in [4.78, 5) is 15.8. The van der Waals surface area contributed by atoms with Gasteiger partial charge in [0.25, 0.3) is 0 Å². The molecule has 0 radical (unpaired) electrons. The second-order valence-corrected chi connectivity index (χ2v) is 4.14. The van der Waals surface area contributed by atoms with Gasteiger partial charge in [0.2, 0.25) is 5.28 Å². The molecule has 0 saturated carbocycles. The molecule has 7 heteroatoms. The molecule has 0 spiro atoms. The van der Waals surface area contributed by atoms with E-state index in [9.17, 15) is 0 Å². The van der Waals surface area contributed by atoms with Crippen LogP contribution in [0.25, 0.3) is 0 Å². The van der Waals surface area contributed by atoms with E-state index in [-0.39, 0.29) is 5.28 Å². The average Bonchev–Trinajstić information content (AvgIpc) is 2.17. The van der Waals surface area contributed by atoms with Crippen LogP contribution in [0.4, 0.5) is 0 Å². The SMILES string of the molecule is Clc1cc(Sc2ncccn2)nc(Cl)n1. The Balaban J connectivity index is 2.25. The number of hydrogen-bond donors (Lipinski definition) is 0. The van der Waals surface area contributed by atoms with E-state index in [4.69, 9.17) is 23.2 Å². The Morgan fingerprint density at radius 1 is 1.07 bits per heavy atom. The van der Waals surface area contributed by atoms with E-state index >= 15 is 0 Å². The van der Waals surface area contributed by atoms with Gasteiger partial charge in [0.1, 0.15) is 10.2 Å². The first-order valence-corrected chi connectivity index (χ1v) is 5.46. The number of hydrogen-bond acceptors (Lipinski definition) is 5. The van der Waals surface area contributed by atoms with Crippen LogP contribution >= 0.6 is 35.0 Å². The molecule has 2 aromatic heterocycles. The fraction of sp³-hybridized carbons (Fsp3) is 0. The maximum atomic E-state index is 5.73. The molecule has 0 aromatic carbocycles. The quantitative estimate of drug-likeness (QED) is 0.613. The van der Waals surface area contributed by atoms with Crippen LogP contribution in [0.2, 0.25) is 10.4 Å². The van der Waals surface area contributed by atoms with Crippen LogP contribution in [-0.4, -0.2) is 19.9 Å². The number of halogens is 2. The van der Waals surface area contributed by atoms with Crippen LogP contribution in [0.5, 0.6) is 0 Å². The normalized spacial score (nSPS) is 10.3. The second-order valence-electron chi connectivity index (χ2n) is 2.43. The number of nitrogens with zero attached hydrogens (tertiary/aromatic N) is 4. The Morgan fingerprint density at radius 3 is 2.47 bits per heavy atom. The molecular formula is C8H4Cl2N4S. The van der Waals surface area contributed by atoms with Crippen molar-refractivity contribution in [2.75, 3.05) is 0 Å². The lowest BCUT2D eigenvalue weighted by Gasteiger charge is -1.99. The van der Waals surface area contributed by atoms with Crippen molar-refractivity contribution in [2.24, 2.45) is 0 Å². The Kier molecular flexibility index (Phi) is 3.35. The summed E-state index contributed by atoms with van der Waals surface area (Å²) in [5.41, 5.74) is 0. The Bertz CT molecular complexity index is 445. The van der Waals surface area contributed by atoms with Crippen molar-refractivity contribution in [1.29, 1.82) is 0 Å². The van der Waals surface area contributed by atoms with Crippen LogP contribution in [0.3, 0.4) is 0 Å². The van der Waals surface area contributed by atoms with Gasteiger partial charge < -0.3 is 0 Å². The molecule has 2 aromatic rings. The zero-order valence-electron chi connectivity index (χ0n) is 7.26. The van der Waals surface area contributed by atoms with Crippen LogP contribution in [0.1, 0.15) is 0 Å². The third-order valence-electron chi connectivity index (χ3n) is 1.38. The van der Waals surface area contributed by atoms with Crippen LogP contribution in [0.15, 0.2) is 34.7 Å². The summed E-state index contributed by atoms with van der Waals surface area (Å²) >= 11 is 12.7. The highest BCUT2D eigenvalue weighted by molar-refractivity contribution is 7.99. The summed E-state index contributed by atoms with van der Waals surface area (Å²) in [6, 6.07) is 3.35. The van der Waals surface area contributed by atoms with Crippen molar-refractivity contribution in [1.82, 2.24) is 19.9 Å². The molecular weight excluding hydrogens is 255 g/mol. The van der Waals surface area contributed by atoms with E-state index in [1.807, 2.05) is 0 Å². The zero-order valence-corrected chi connectivity index (χ0v) is 9.59. The predicted octanol–water partition coefficient (Wildman–Crippen LogP) is 2.72. The van der Waals surface area contributed by atoms with Crippen molar-refractivity contribution < 1.29 is 0 Å². The average molecular weight is 259 g/mol. The van der Waals surface area contributed by atoms with Crippen LogP contribution < -0.4 is 0 Å². The van der Waals surface area contributed by atoms with Crippen molar-refractivity contribution in [2.45, 2.75) is 10.2 Å². The fourth-order valence-electron chi connectivity index (χ4n) is 0.854. The lowest BCUT2D eigenvalue weighted by molar-refractivity contribution is 0.955. The van der Waals surface area contributed by atoms with Crippen LogP contribution in [0, 0.1) is 0 Å². The van der Waals surface area contributed by atoms with E-state index in [2.05, 4.69) is 19.9 Å². The molecule has 0 bridgehead atoms. The zero-order chi connectivity index (χ0) is 10.7. The standard InChI is InChI=1S/C8H4Cl2N4S/c9-5-4-6(14-7(10)13-5)15-8-11-2-1-3-12-8/h1-4H. The Hall–Kier alpha value is -0.910. The molecule has 0 amide bonds. The summed E-state index contributed by atoms with van der Waals surface area (Å²) in [6.45, 7) is 0. The van der Waals surface area contributed by atoms with E-state index in [0.29, 0.717) is 15.3 Å². The highest BCUT2D eigenvalue weighted by atomic mass is 35.5. The molecule has 0 atom stereocenters. The van der Waals surface area contributed by atoms with Gasteiger partial charge >= 0.3 is 0 Å². The minimum absolute atomic E-state index is 0.112. The molecule has 76 valence electrons. The number of rotatable bonds is 2. The lowest BCUT2D eigenvalue weighted by atomic mass is 10.7. The summed E-state index contributed by atoms with van der Waals surface area (Å²) in [5.74, 6) is 0. The molecule has 0 N–H and O–H groups in total. The van der Waals surface area contributed by atoms with Gasteiger partial charge in [0.15, 0.2) is 5.16 Å². The molecule has 0 unspecified atom stereocenters. The van der Waals surface area contributed by atoms with Crippen molar-refractivity contribution in [3.05, 3.63) is 35.0 Å². The Labute approximate surface area is 100 Å². The summed E-state index contributed by atoms with van der Waals surface area (Å²) in [6.07, 6.45) is 3.31. The third kappa shape index (κ3) is 3.02. The van der Waals surface area contributed by atoms with E-state index in [0.717, 1.165) is 0 Å². The predicted molar refractivity (Wildman–Crippen MR) is 58.2 cm³/mol. The van der Waals surface area contributed by atoms with E-state index < -0.39 is 0 Å². The molecule has 0 aliphatic rings. The first-order valence-electron chi connectivity index (χ1n) is 3.89. The highest BCUT2D eigenvalue weighted by Crippen LogP contribution is 2.24. The van der Waals surface area contributed by atoms with Gasteiger partial charge in [-0.25, -0.2) is 19.9 Å². The highest BCUT2D eigenvalue weighted by Gasteiger charge is 2.04. The summed E-state index contributed by atoms with van der Waals surface area (Å²) in [7, 11) is 0. The molecule has 4 nitrogen and oxygen atoms in total. The topological polar surface area (TPSA) is 51.6 Å². The van der Waals surface area contributed by atoms with Crippen molar-refractivity contribution in [3.8, 4) is 0 Å². The Morgan fingerprint density at radius 2 is 1.80 bits per heavy atom. The smallest absolute Gasteiger partial charge is 0.224 e. The summed E-state index contributed by atoms with van der Waals surface area (Å²) in [5, 5.41) is 1.61. The second kappa shape index (κ2) is 4.74.